The van der Waals surface area contributed by atoms with Crippen LogP contribution in [0.25, 0.3) is 0 Å². The molecule has 26 heavy (non-hydrogen) atoms. The molecule has 1 N–H and O–H groups in total. The van der Waals surface area contributed by atoms with Gasteiger partial charge in [0.1, 0.15) is 12.4 Å². The molecule has 6 nitrogen and oxygen atoms in total. The van der Waals surface area contributed by atoms with Gasteiger partial charge in [-0.3, -0.25) is 9.10 Å². The molecular weight excluding hydrogens is 357 g/mol. The Hall–Kier alpha value is -2.61. The summed E-state index contributed by atoms with van der Waals surface area (Å²) in [6, 6.07) is 15.1. The predicted molar refractivity (Wildman–Crippen MR) is 101 cm³/mol. The summed E-state index contributed by atoms with van der Waals surface area (Å²) in [6.45, 7) is 0.405. The van der Waals surface area contributed by atoms with Crippen molar-refractivity contribution in [2.24, 2.45) is 0 Å². The van der Waals surface area contributed by atoms with Crippen LogP contribution in [-0.4, -0.2) is 47.3 Å². The fourth-order valence-electron chi connectivity index (χ4n) is 2.40. The highest BCUT2D eigenvalue weighted by Crippen LogP contribution is 2.20. The zero-order chi connectivity index (χ0) is 19.2. The van der Waals surface area contributed by atoms with Crippen molar-refractivity contribution in [3.8, 4) is 0 Å². The fraction of sp³-hybridized carbons (Fsp3) is 0.278. The second-order valence-electron chi connectivity index (χ2n) is 5.83. The third-order valence-corrected chi connectivity index (χ3v) is 4.90. The minimum Gasteiger partial charge on any atom is -0.373 e. The lowest BCUT2D eigenvalue weighted by atomic mass is 10.3. The van der Waals surface area contributed by atoms with Crippen LogP contribution in [0.5, 0.6) is 0 Å². The first-order chi connectivity index (χ1) is 12.3. The van der Waals surface area contributed by atoms with Crippen LogP contribution in [0.2, 0.25) is 0 Å². The number of halogens is 1. The molecule has 0 saturated heterocycles. The number of carbonyl (C=O) groups is 1. The van der Waals surface area contributed by atoms with Gasteiger partial charge in [0.25, 0.3) is 0 Å². The van der Waals surface area contributed by atoms with Gasteiger partial charge in [0, 0.05) is 25.8 Å². The normalized spacial score (nSPS) is 11.0. The van der Waals surface area contributed by atoms with Gasteiger partial charge in [-0.25, -0.2) is 12.8 Å². The summed E-state index contributed by atoms with van der Waals surface area (Å²) in [4.78, 5) is 14.1. The lowest BCUT2D eigenvalue weighted by Crippen LogP contribution is -2.42. The number of nitrogens with zero attached hydrogens (tertiary/aromatic N) is 2. The fourth-order valence-corrected chi connectivity index (χ4v) is 3.25. The van der Waals surface area contributed by atoms with Crippen LogP contribution in [-0.2, 0) is 14.8 Å². The number of para-hydroxylation sites is 2. The van der Waals surface area contributed by atoms with Gasteiger partial charge in [-0.15, -0.1) is 0 Å². The van der Waals surface area contributed by atoms with E-state index < -0.39 is 28.3 Å². The molecule has 8 heteroatoms. The highest BCUT2D eigenvalue weighted by Gasteiger charge is 2.23. The Kier molecular flexibility index (Phi) is 6.57. The van der Waals surface area contributed by atoms with E-state index in [-0.39, 0.29) is 5.69 Å². The summed E-state index contributed by atoms with van der Waals surface area (Å²) in [5.74, 6) is -1.20. The Morgan fingerprint density at radius 3 is 2.31 bits per heavy atom. The van der Waals surface area contributed by atoms with E-state index in [1.807, 2.05) is 42.3 Å². The van der Waals surface area contributed by atoms with E-state index in [2.05, 4.69) is 5.32 Å². The van der Waals surface area contributed by atoms with Crippen LogP contribution in [0.15, 0.2) is 54.6 Å². The van der Waals surface area contributed by atoms with E-state index in [0.717, 1.165) is 22.3 Å². The third-order valence-electron chi connectivity index (χ3n) is 3.78. The van der Waals surface area contributed by atoms with Crippen molar-refractivity contribution in [1.82, 2.24) is 5.32 Å². The number of sulfonamides is 1. The van der Waals surface area contributed by atoms with Crippen LogP contribution < -0.4 is 14.5 Å². The molecule has 140 valence electrons. The first-order valence-electron chi connectivity index (χ1n) is 8.04. The molecule has 0 bridgehead atoms. The maximum Gasteiger partial charge on any atom is 0.240 e. The first kappa shape index (κ1) is 19.7. The van der Waals surface area contributed by atoms with Crippen molar-refractivity contribution >= 4 is 27.3 Å². The molecule has 0 fully saturated rings. The Bertz CT molecular complexity index is 844. The van der Waals surface area contributed by atoms with E-state index in [1.54, 1.807) is 0 Å². The molecule has 0 radical (unpaired) electrons. The number of amides is 1. The van der Waals surface area contributed by atoms with Crippen LogP contribution in [0.4, 0.5) is 15.8 Å². The van der Waals surface area contributed by atoms with Gasteiger partial charge in [-0.05, 0) is 24.3 Å². The standard InChI is InChI=1S/C18H22FN3O3S/c1-21(15-8-4-3-5-9-15)13-12-20-18(23)14-22(26(2,24)25)17-11-7-6-10-16(17)19/h3-11H,12-14H2,1-2H3,(H,20,23). The van der Waals surface area contributed by atoms with Gasteiger partial charge >= 0.3 is 0 Å². The molecule has 0 atom stereocenters. The van der Waals surface area contributed by atoms with Crippen molar-refractivity contribution in [3.05, 3.63) is 60.4 Å². The Labute approximate surface area is 153 Å². The van der Waals surface area contributed by atoms with Crippen LogP contribution >= 0.6 is 0 Å². The molecule has 0 aliphatic heterocycles. The van der Waals surface area contributed by atoms with Crippen LogP contribution in [0, 0.1) is 5.82 Å². The van der Waals surface area contributed by atoms with E-state index in [0.29, 0.717) is 13.1 Å². The summed E-state index contributed by atoms with van der Waals surface area (Å²) < 4.78 is 38.6. The number of nitrogens with one attached hydrogen (secondary N) is 1. The molecular formula is C18H22FN3O3S. The van der Waals surface area contributed by atoms with Crippen molar-refractivity contribution in [2.45, 2.75) is 0 Å². The third kappa shape index (κ3) is 5.45. The summed E-state index contributed by atoms with van der Waals surface area (Å²) in [5, 5.41) is 2.67. The zero-order valence-corrected chi connectivity index (χ0v) is 15.5. The molecule has 0 aliphatic rings. The van der Waals surface area contributed by atoms with Gasteiger partial charge < -0.3 is 10.2 Å². The summed E-state index contributed by atoms with van der Waals surface area (Å²) in [7, 11) is -1.91. The van der Waals surface area contributed by atoms with E-state index in [9.17, 15) is 17.6 Å². The Morgan fingerprint density at radius 2 is 1.69 bits per heavy atom. The monoisotopic (exact) mass is 379 g/mol. The van der Waals surface area contributed by atoms with Gasteiger partial charge in [0.05, 0.1) is 11.9 Å². The van der Waals surface area contributed by atoms with Gasteiger partial charge in [0.15, 0.2) is 0 Å². The lowest BCUT2D eigenvalue weighted by molar-refractivity contribution is -0.119. The molecule has 1 amide bonds. The van der Waals surface area contributed by atoms with Crippen molar-refractivity contribution < 1.29 is 17.6 Å². The minimum absolute atomic E-state index is 0.147. The highest BCUT2D eigenvalue weighted by atomic mass is 32.2. The number of benzene rings is 2. The second-order valence-corrected chi connectivity index (χ2v) is 7.73. The highest BCUT2D eigenvalue weighted by molar-refractivity contribution is 7.92. The Morgan fingerprint density at radius 1 is 1.08 bits per heavy atom. The van der Waals surface area contributed by atoms with Gasteiger partial charge in [0.2, 0.25) is 15.9 Å². The number of rotatable bonds is 8. The smallest absolute Gasteiger partial charge is 0.240 e. The maximum absolute atomic E-state index is 13.9. The minimum atomic E-state index is -3.80. The number of anilines is 2. The average Bonchev–Trinajstić information content (AvgIpc) is 2.60. The summed E-state index contributed by atoms with van der Waals surface area (Å²) in [5.41, 5.74) is 0.859. The van der Waals surface area contributed by atoms with E-state index in [4.69, 9.17) is 0 Å². The largest absolute Gasteiger partial charge is 0.373 e. The summed E-state index contributed by atoms with van der Waals surface area (Å²) >= 11 is 0. The van der Waals surface area contributed by atoms with Crippen molar-refractivity contribution in [3.63, 3.8) is 0 Å². The molecule has 2 rings (SSSR count). The van der Waals surface area contributed by atoms with E-state index >= 15 is 0 Å². The number of likely N-dealkylation sites (N-methyl/N-ethyl adjacent to an activating group) is 1. The summed E-state index contributed by atoms with van der Waals surface area (Å²) in [6.07, 6.45) is 0.940. The van der Waals surface area contributed by atoms with Crippen LogP contribution in [0.1, 0.15) is 0 Å². The molecule has 0 heterocycles. The van der Waals surface area contributed by atoms with Crippen LogP contribution in [0.3, 0.4) is 0 Å². The molecule has 0 spiro atoms. The van der Waals surface area contributed by atoms with Crippen molar-refractivity contribution in [2.75, 3.05) is 42.1 Å². The molecule has 0 unspecified atom stereocenters. The van der Waals surface area contributed by atoms with Gasteiger partial charge in [-0.1, -0.05) is 30.3 Å². The van der Waals surface area contributed by atoms with Gasteiger partial charge in [-0.2, -0.15) is 0 Å². The molecule has 0 aromatic heterocycles. The number of hydrogen-bond donors (Lipinski definition) is 1. The topological polar surface area (TPSA) is 69.7 Å². The number of carbonyl (C=O) groups excluding carboxylic acids is 1. The maximum atomic E-state index is 13.9. The SMILES string of the molecule is CN(CCNC(=O)CN(c1ccccc1F)S(C)(=O)=O)c1ccccc1. The zero-order valence-electron chi connectivity index (χ0n) is 14.7. The quantitative estimate of drug-likeness (QED) is 0.760. The first-order valence-corrected chi connectivity index (χ1v) is 9.89. The van der Waals surface area contributed by atoms with Crippen molar-refractivity contribution in [1.29, 1.82) is 0 Å². The molecule has 2 aromatic rings. The number of hydrogen-bond acceptors (Lipinski definition) is 4. The molecule has 0 aliphatic carbocycles. The predicted octanol–water partition coefficient (Wildman–Crippen LogP) is 1.84. The van der Waals surface area contributed by atoms with E-state index in [1.165, 1.54) is 18.2 Å². The molecule has 2 aromatic carbocycles. The lowest BCUT2D eigenvalue weighted by Gasteiger charge is -2.23. The second kappa shape index (κ2) is 8.66. The Balaban J connectivity index is 1.95. The average molecular weight is 379 g/mol. The molecule has 0 saturated carbocycles.